The van der Waals surface area contributed by atoms with Crippen molar-refractivity contribution in [1.82, 2.24) is 9.88 Å². The van der Waals surface area contributed by atoms with Crippen LogP contribution in [0.25, 0.3) is 0 Å². The van der Waals surface area contributed by atoms with Crippen molar-refractivity contribution in [1.29, 1.82) is 5.26 Å². The number of carbonyl (C=O) groups is 2. The van der Waals surface area contributed by atoms with Gasteiger partial charge in [0.2, 0.25) is 5.91 Å². The van der Waals surface area contributed by atoms with E-state index >= 15 is 0 Å². The number of halogens is 3. The van der Waals surface area contributed by atoms with Crippen LogP contribution in [0.15, 0.2) is 40.5 Å². The minimum atomic E-state index is -4.90. The zero-order chi connectivity index (χ0) is 25.4. The number of pyridine rings is 1. The number of azo groups is 1. The Kier molecular flexibility index (Phi) is 8.72. The van der Waals surface area contributed by atoms with E-state index in [9.17, 15) is 27.9 Å². The summed E-state index contributed by atoms with van der Waals surface area (Å²) in [7, 11) is 0. The summed E-state index contributed by atoms with van der Waals surface area (Å²) < 4.78 is 49.7. The maximum Gasteiger partial charge on any atom is 0.407 e. The first-order chi connectivity index (χ1) is 16.7. The van der Waals surface area contributed by atoms with Gasteiger partial charge in [-0.3, -0.25) is 9.59 Å². The van der Waals surface area contributed by atoms with Crippen LogP contribution in [0.2, 0.25) is 0 Å². The normalized spacial score (nSPS) is 19.2. The summed E-state index contributed by atoms with van der Waals surface area (Å²) in [6.07, 6.45) is -3.71. The van der Waals surface area contributed by atoms with Crippen LogP contribution in [-0.2, 0) is 19.1 Å². The summed E-state index contributed by atoms with van der Waals surface area (Å²) in [6.45, 7) is 0.927. The van der Waals surface area contributed by atoms with Gasteiger partial charge in [-0.1, -0.05) is 0 Å². The first kappa shape index (κ1) is 26.0. The van der Waals surface area contributed by atoms with Crippen molar-refractivity contribution in [3.63, 3.8) is 0 Å². The number of nitrogens with zero attached hydrogens (tertiary/aromatic N) is 6. The number of ether oxygens (including phenoxy) is 2. The van der Waals surface area contributed by atoms with Crippen molar-refractivity contribution < 1.29 is 37.3 Å². The predicted molar refractivity (Wildman–Crippen MR) is 113 cm³/mol. The fraction of sp³-hybridized carbons (Fsp3) is 0.524. The number of aliphatic hydroxyl groups is 1. The van der Waals surface area contributed by atoms with Gasteiger partial charge in [0.15, 0.2) is 5.92 Å². The Hall–Kier alpha value is -3.57. The molecule has 0 saturated carbocycles. The topological polar surface area (TPSA) is 141 Å². The Bertz CT molecular complexity index is 1000. The molecule has 0 bridgehead atoms. The van der Waals surface area contributed by atoms with Crippen molar-refractivity contribution in [2.45, 2.75) is 18.7 Å². The van der Waals surface area contributed by atoms with Gasteiger partial charge in [0, 0.05) is 32.4 Å². The van der Waals surface area contributed by atoms with Crippen LogP contribution in [0.5, 0.6) is 0 Å². The smallest absolute Gasteiger partial charge is 0.407 e. The molecule has 188 valence electrons. The lowest BCUT2D eigenvalue weighted by Crippen LogP contribution is -2.49. The van der Waals surface area contributed by atoms with Crippen LogP contribution < -0.4 is 4.90 Å². The van der Waals surface area contributed by atoms with Gasteiger partial charge in [-0.05, 0) is 12.1 Å². The fourth-order valence-corrected chi connectivity index (χ4v) is 3.46. The summed E-state index contributed by atoms with van der Waals surface area (Å²) in [6, 6.07) is 5.43. The number of aliphatic hydroxyl groups excluding tert-OH is 1. The van der Waals surface area contributed by atoms with Crippen molar-refractivity contribution in [3.05, 3.63) is 35.9 Å². The number of anilines is 1. The SMILES string of the molecule is N#Cc1ccc(N2CCN(C(=O)CCO[C@H](CO)COC3=CN=NC(=O)C3C(F)(F)F)CC2)nc1. The highest BCUT2D eigenvalue weighted by atomic mass is 19.4. The number of amides is 2. The summed E-state index contributed by atoms with van der Waals surface area (Å²) in [5.41, 5.74) is 0.462. The summed E-state index contributed by atoms with van der Waals surface area (Å²) >= 11 is 0. The molecule has 35 heavy (non-hydrogen) atoms. The molecule has 3 heterocycles. The molecule has 3 rings (SSSR count). The highest BCUT2D eigenvalue weighted by molar-refractivity contribution is 5.83. The third-order valence-electron chi connectivity index (χ3n) is 5.34. The van der Waals surface area contributed by atoms with Crippen LogP contribution >= 0.6 is 0 Å². The van der Waals surface area contributed by atoms with Gasteiger partial charge in [-0.15, -0.1) is 5.11 Å². The van der Waals surface area contributed by atoms with E-state index in [1.165, 1.54) is 6.20 Å². The molecule has 1 aromatic rings. The van der Waals surface area contributed by atoms with Crippen LogP contribution in [0.3, 0.4) is 0 Å². The van der Waals surface area contributed by atoms with E-state index in [-0.39, 0.29) is 18.9 Å². The second kappa shape index (κ2) is 11.7. The van der Waals surface area contributed by atoms with Crippen LogP contribution in [0.1, 0.15) is 12.0 Å². The molecule has 2 amide bonds. The predicted octanol–water partition coefficient (Wildman–Crippen LogP) is 1.40. The molecule has 1 aromatic heterocycles. The molecule has 1 N–H and O–H groups in total. The second-order valence-corrected chi connectivity index (χ2v) is 7.68. The van der Waals surface area contributed by atoms with E-state index in [0.29, 0.717) is 43.8 Å². The Morgan fingerprint density at radius 1 is 1.29 bits per heavy atom. The third-order valence-corrected chi connectivity index (χ3v) is 5.34. The molecule has 0 radical (unpaired) electrons. The third kappa shape index (κ3) is 6.96. The molecule has 11 nitrogen and oxygen atoms in total. The molecule has 14 heteroatoms. The minimum absolute atomic E-state index is 0.00614. The monoisotopic (exact) mass is 496 g/mol. The highest BCUT2D eigenvalue weighted by Crippen LogP contribution is 2.35. The van der Waals surface area contributed by atoms with Crippen molar-refractivity contribution in [2.75, 3.05) is 50.9 Å². The molecular weight excluding hydrogens is 473 g/mol. The molecule has 1 fully saturated rings. The number of rotatable bonds is 9. The molecule has 2 aliphatic heterocycles. The van der Waals surface area contributed by atoms with Gasteiger partial charge in [0.05, 0.1) is 31.4 Å². The Morgan fingerprint density at radius 3 is 2.63 bits per heavy atom. The molecule has 1 saturated heterocycles. The van der Waals surface area contributed by atoms with Gasteiger partial charge in [0.25, 0.3) is 5.91 Å². The Balaban J connectivity index is 1.40. The van der Waals surface area contributed by atoms with E-state index < -0.39 is 43.1 Å². The first-order valence-corrected chi connectivity index (χ1v) is 10.7. The number of nitriles is 1. The van der Waals surface area contributed by atoms with Gasteiger partial charge in [-0.2, -0.15) is 23.5 Å². The molecule has 0 aliphatic carbocycles. The summed E-state index contributed by atoms with van der Waals surface area (Å²) in [5, 5.41) is 24.4. The standard InChI is InChI=1S/C21H23F3N6O5/c22-21(23,24)19-16(11-27-28-20(19)33)35-13-15(12-31)34-8-3-18(32)30-6-4-29(5-7-30)17-2-1-14(9-25)10-26-17/h1-2,10-11,15,19,31H,3-8,12-13H2/t15-,19?/m1/s1. The average molecular weight is 496 g/mol. The van der Waals surface area contributed by atoms with E-state index in [4.69, 9.17) is 14.7 Å². The van der Waals surface area contributed by atoms with E-state index in [1.54, 1.807) is 17.0 Å². The lowest BCUT2D eigenvalue weighted by molar-refractivity contribution is -0.182. The lowest BCUT2D eigenvalue weighted by Gasteiger charge is -2.35. The molecule has 0 aromatic carbocycles. The number of hydrogen-bond acceptors (Lipinski definition) is 9. The summed E-state index contributed by atoms with van der Waals surface area (Å²) in [4.78, 5) is 31.8. The Morgan fingerprint density at radius 2 is 2.03 bits per heavy atom. The van der Waals surface area contributed by atoms with E-state index in [0.717, 1.165) is 0 Å². The second-order valence-electron chi connectivity index (χ2n) is 7.68. The number of alkyl halides is 3. The first-order valence-electron chi connectivity index (χ1n) is 10.7. The van der Waals surface area contributed by atoms with E-state index in [1.807, 2.05) is 11.0 Å². The van der Waals surface area contributed by atoms with Crippen molar-refractivity contribution >= 4 is 17.6 Å². The number of piperazine rings is 1. The molecule has 2 atom stereocenters. The highest BCUT2D eigenvalue weighted by Gasteiger charge is 2.50. The number of hydrogen-bond donors (Lipinski definition) is 1. The maximum atomic E-state index is 13.1. The Labute approximate surface area is 198 Å². The molecule has 0 spiro atoms. The van der Waals surface area contributed by atoms with Crippen molar-refractivity contribution in [3.8, 4) is 6.07 Å². The number of aromatic nitrogens is 1. The van der Waals surface area contributed by atoms with Gasteiger partial charge in [-0.25, -0.2) is 4.98 Å². The van der Waals surface area contributed by atoms with Gasteiger partial charge >= 0.3 is 6.18 Å². The van der Waals surface area contributed by atoms with E-state index in [2.05, 4.69) is 15.2 Å². The van der Waals surface area contributed by atoms with Crippen LogP contribution in [-0.4, -0.2) is 85.1 Å². The van der Waals surface area contributed by atoms with Gasteiger partial charge < -0.3 is 24.4 Å². The summed E-state index contributed by atoms with van der Waals surface area (Å²) in [5.74, 6) is -4.23. The van der Waals surface area contributed by atoms with Crippen LogP contribution in [0, 0.1) is 17.2 Å². The zero-order valence-electron chi connectivity index (χ0n) is 18.5. The quantitative estimate of drug-likeness (QED) is 0.541. The average Bonchev–Trinajstić information content (AvgIpc) is 2.85. The molecule has 2 aliphatic rings. The number of carbonyl (C=O) groups excluding carboxylic acids is 2. The molecule has 1 unspecified atom stereocenters. The molecular formula is C21H23F3N6O5. The lowest BCUT2D eigenvalue weighted by atomic mass is 10.1. The maximum absolute atomic E-state index is 13.1. The minimum Gasteiger partial charge on any atom is -0.492 e. The van der Waals surface area contributed by atoms with Crippen molar-refractivity contribution in [2.24, 2.45) is 16.1 Å². The van der Waals surface area contributed by atoms with Gasteiger partial charge in [0.1, 0.15) is 30.4 Å². The fourth-order valence-electron chi connectivity index (χ4n) is 3.46. The largest absolute Gasteiger partial charge is 0.492 e. The van der Waals surface area contributed by atoms with Crippen LogP contribution in [0.4, 0.5) is 19.0 Å². The zero-order valence-corrected chi connectivity index (χ0v) is 18.5.